The monoisotopic (exact) mass is 442 g/mol. The van der Waals surface area contributed by atoms with Gasteiger partial charge >= 0.3 is 0 Å². The van der Waals surface area contributed by atoms with Crippen LogP contribution in [-0.4, -0.2) is 41.9 Å². The lowest BCUT2D eigenvalue weighted by Crippen LogP contribution is -2.49. The summed E-state index contributed by atoms with van der Waals surface area (Å²) < 4.78 is 5.75. The van der Waals surface area contributed by atoms with Gasteiger partial charge in [-0.25, -0.2) is 0 Å². The summed E-state index contributed by atoms with van der Waals surface area (Å²) in [5, 5.41) is 3.73. The molecule has 3 rings (SSSR count). The fourth-order valence-corrected chi connectivity index (χ4v) is 3.79. The summed E-state index contributed by atoms with van der Waals surface area (Å²) in [6, 6.07) is 14.8. The van der Waals surface area contributed by atoms with Crippen LogP contribution in [0.3, 0.4) is 0 Å². The van der Waals surface area contributed by atoms with E-state index in [2.05, 4.69) is 26.1 Å². The maximum absolute atomic E-state index is 12.7. The second kappa shape index (κ2) is 9.73. The van der Waals surface area contributed by atoms with Crippen LogP contribution in [0.25, 0.3) is 0 Å². The topological polar surface area (TPSA) is 58.6 Å². The van der Waals surface area contributed by atoms with Crippen LogP contribution in [0.15, 0.2) is 48.5 Å². The van der Waals surface area contributed by atoms with Crippen molar-refractivity contribution in [1.29, 1.82) is 0 Å². The van der Waals surface area contributed by atoms with E-state index < -0.39 is 6.10 Å². The van der Waals surface area contributed by atoms with Crippen molar-refractivity contribution < 1.29 is 14.3 Å². The van der Waals surface area contributed by atoms with E-state index in [4.69, 9.17) is 16.3 Å². The molecule has 0 aromatic heterocycles. The van der Waals surface area contributed by atoms with Gasteiger partial charge in [0.05, 0.1) is 0 Å². The molecule has 1 aliphatic rings. The smallest absolute Gasteiger partial charge is 0.263 e. The van der Waals surface area contributed by atoms with E-state index >= 15 is 0 Å². The van der Waals surface area contributed by atoms with Crippen molar-refractivity contribution in [2.24, 2.45) is 0 Å². The molecule has 0 radical (unpaired) electrons. The Morgan fingerprint density at radius 1 is 1.03 bits per heavy atom. The third kappa shape index (κ3) is 6.23. The first-order valence-corrected chi connectivity index (χ1v) is 11.1. The average Bonchev–Trinajstić information content (AvgIpc) is 2.75. The molecule has 1 atom stereocenters. The summed E-state index contributed by atoms with van der Waals surface area (Å²) in [5.74, 6) is 0.507. The van der Waals surface area contributed by atoms with Crippen molar-refractivity contribution in [2.75, 3.05) is 13.1 Å². The normalized spacial score (nSPS) is 16.0. The fourth-order valence-electron chi connectivity index (χ4n) is 3.66. The van der Waals surface area contributed by atoms with Crippen molar-refractivity contribution in [3.8, 4) is 5.75 Å². The highest BCUT2D eigenvalue weighted by molar-refractivity contribution is 6.30. The molecule has 2 aromatic carbocycles. The van der Waals surface area contributed by atoms with E-state index in [0.717, 1.165) is 12.8 Å². The molecule has 0 bridgehead atoms. The standard InChI is InChI=1S/C25H31ClN2O3/c1-17(31-22-11-9-20(26)10-12-22)24(30)28-15-13-21(14-16-28)27-23(29)18-5-7-19(8-6-18)25(2,3)4/h5-12,17,21H,13-16H2,1-4H3,(H,27,29). The molecule has 2 aromatic rings. The van der Waals surface area contributed by atoms with Gasteiger partial charge in [0.25, 0.3) is 11.8 Å². The number of rotatable bonds is 5. The maximum atomic E-state index is 12.7. The highest BCUT2D eigenvalue weighted by atomic mass is 35.5. The first-order valence-electron chi connectivity index (χ1n) is 10.8. The number of carbonyl (C=O) groups excluding carboxylic acids is 2. The lowest BCUT2D eigenvalue weighted by Gasteiger charge is -2.34. The number of amides is 2. The Morgan fingerprint density at radius 3 is 2.16 bits per heavy atom. The van der Waals surface area contributed by atoms with Crippen LogP contribution in [0.2, 0.25) is 5.02 Å². The summed E-state index contributed by atoms with van der Waals surface area (Å²) in [7, 11) is 0. The van der Waals surface area contributed by atoms with Gasteiger partial charge in [-0.1, -0.05) is 44.5 Å². The molecule has 1 N–H and O–H groups in total. The molecular weight excluding hydrogens is 412 g/mol. The van der Waals surface area contributed by atoms with Gasteiger partial charge in [-0.05, 0) is 67.1 Å². The van der Waals surface area contributed by atoms with Crippen molar-refractivity contribution in [3.05, 3.63) is 64.7 Å². The largest absolute Gasteiger partial charge is 0.481 e. The molecule has 0 spiro atoms. The number of benzene rings is 2. The molecule has 5 nitrogen and oxygen atoms in total. The van der Waals surface area contributed by atoms with Crippen LogP contribution in [-0.2, 0) is 10.2 Å². The van der Waals surface area contributed by atoms with Gasteiger partial charge in [-0.2, -0.15) is 0 Å². The fraction of sp³-hybridized carbons (Fsp3) is 0.440. The predicted octanol–water partition coefficient (Wildman–Crippen LogP) is 4.83. The van der Waals surface area contributed by atoms with Crippen molar-refractivity contribution in [3.63, 3.8) is 0 Å². The maximum Gasteiger partial charge on any atom is 0.263 e. The number of ether oxygens (including phenoxy) is 1. The predicted molar refractivity (Wildman–Crippen MR) is 124 cm³/mol. The number of nitrogens with zero attached hydrogens (tertiary/aromatic N) is 1. The number of piperidine rings is 1. The summed E-state index contributed by atoms with van der Waals surface area (Å²) >= 11 is 5.89. The van der Waals surface area contributed by atoms with Gasteiger partial charge < -0.3 is 15.0 Å². The number of hydrogen-bond donors (Lipinski definition) is 1. The first-order chi connectivity index (χ1) is 14.6. The van der Waals surface area contributed by atoms with Gasteiger partial charge in [0, 0.05) is 29.7 Å². The second-order valence-corrected chi connectivity index (χ2v) is 9.55. The third-order valence-electron chi connectivity index (χ3n) is 5.63. The lowest BCUT2D eigenvalue weighted by molar-refractivity contribution is -0.139. The minimum Gasteiger partial charge on any atom is -0.481 e. The SMILES string of the molecule is CC(Oc1ccc(Cl)cc1)C(=O)N1CCC(NC(=O)c2ccc(C(C)(C)C)cc2)CC1. The highest BCUT2D eigenvalue weighted by Gasteiger charge is 2.28. The van der Waals surface area contributed by atoms with Crippen LogP contribution in [0.4, 0.5) is 0 Å². The molecule has 0 saturated carbocycles. The zero-order valence-corrected chi connectivity index (χ0v) is 19.4. The Kier molecular flexibility index (Phi) is 7.26. The Hall–Kier alpha value is -2.53. The Balaban J connectivity index is 1.48. The van der Waals surface area contributed by atoms with E-state index in [-0.39, 0.29) is 23.3 Å². The third-order valence-corrected chi connectivity index (χ3v) is 5.88. The average molecular weight is 443 g/mol. The highest BCUT2D eigenvalue weighted by Crippen LogP contribution is 2.22. The van der Waals surface area contributed by atoms with Gasteiger partial charge in [0.1, 0.15) is 5.75 Å². The van der Waals surface area contributed by atoms with Crippen LogP contribution in [0.5, 0.6) is 5.75 Å². The molecule has 1 aliphatic heterocycles. The summed E-state index contributed by atoms with van der Waals surface area (Å²) in [6.45, 7) is 9.41. The second-order valence-electron chi connectivity index (χ2n) is 9.11. The Morgan fingerprint density at radius 2 is 1.61 bits per heavy atom. The van der Waals surface area contributed by atoms with Crippen LogP contribution in [0.1, 0.15) is 56.5 Å². The molecule has 1 heterocycles. The van der Waals surface area contributed by atoms with Crippen molar-refractivity contribution in [2.45, 2.75) is 58.1 Å². The van der Waals surface area contributed by atoms with Crippen molar-refractivity contribution in [1.82, 2.24) is 10.2 Å². The first kappa shape index (κ1) is 23.1. The molecule has 6 heteroatoms. The van der Waals surface area contributed by atoms with Crippen LogP contribution in [0, 0.1) is 0 Å². The van der Waals surface area contributed by atoms with Crippen molar-refractivity contribution >= 4 is 23.4 Å². The Bertz CT molecular complexity index is 896. The number of likely N-dealkylation sites (tertiary alicyclic amines) is 1. The van der Waals surface area contributed by atoms with E-state index in [1.165, 1.54) is 5.56 Å². The molecule has 166 valence electrons. The zero-order valence-electron chi connectivity index (χ0n) is 18.7. The van der Waals surface area contributed by atoms with Gasteiger partial charge in [0.15, 0.2) is 6.10 Å². The van der Waals surface area contributed by atoms with E-state index in [1.54, 1.807) is 36.1 Å². The number of nitrogens with one attached hydrogen (secondary N) is 1. The summed E-state index contributed by atoms with van der Waals surface area (Å²) in [4.78, 5) is 27.1. The quantitative estimate of drug-likeness (QED) is 0.721. The molecule has 2 amide bonds. The van der Waals surface area contributed by atoms with Crippen LogP contribution >= 0.6 is 11.6 Å². The minimum atomic E-state index is -0.575. The number of halogens is 1. The molecule has 31 heavy (non-hydrogen) atoms. The van der Waals surface area contributed by atoms with E-state index in [9.17, 15) is 9.59 Å². The summed E-state index contributed by atoms with van der Waals surface area (Å²) in [6.07, 6.45) is 0.879. The van der Waals surface area contributed by atoms with Gasteiger partial charge in [-0.15, -0.1) is 0 Å². The van der Waals surface area contributed by atoms with E-state index in [0.29, 0.717) is 29.4 Å². The van der Waals surface area contributed by atoms with E-state index in [1.807, 2.05) is 24.3 Å². The molecule has 1 saturated heterocycles. The van der Waals surface area contributed by atoms with Crippen LogP contribution < -0.4 is 10.1 Å². The summed E-state index contributed by atoms with van der Waals surface area (Å²) in [5.41, 5.74) is 1.92. The molecule has 0 aliphatic carbocycles. The minimum absolute atomic E-state index is 0.0440. The Labute approximate surface area is 189 Å². The lowest BCUT2D eigenvalue weighted by atomic mass is 9.86. The molecule has 1 fully saturated rings. The van der Waals surface area contributed by atoms with Gasteiger partial charge in [0.2, 0.25) is 0 Å². The molecule has 1 unspecified atom stereocenters. The zero-order chi connectivity index (χ0) is 22.6. The number of carbonyl (C=O) groups is 2. The number of hydrogen-bond acceptors (Lipinski definition) is 3. The molecular formula is C25H31ClN2O3. The van der Waals surface area contributed by atoms with Gasteiger partial charge in [-0.3, -0.25) is 9.59 Å².